The summed E-state index contributed by atoms with van der Waals surface area (Å²) in [6.07, 6.45) is 0. The van der Waals surface area contributed by atoms with Crippen LogP contribution in [0.1, 0.15) is 20.8 Å². The van der Waals surface area contributed by atoms with Crippen molar-refractivity contribution in [3.63, 3.8) is 0 Å². The minimum atomic E-state index is -0.926. The molecule has 0 spiro atoms. The molecule has 0 aromatic carbocycles. The molecule has 0 radical (unpaired) electrons. The van der Waals surface area contributed by atoms with Gasteiger partial charge in [-0.3, -0.25) is 0 Å². The number of ether oxygens (including phenoxy) is 1. The third-order valence-electron chi connectivity index (χ3n) is 0.629. The molecule has 0 saturated heterocycles. The van der Waals surface area contributed by atoms with Gasteiger partial charge in [-0.05, 0) is 20.8 Å². The molecule has 0 amide bonds. The Morgan fingerprint density at radius 1 is 1.56 bits per heavy atom. The zero-order valence-electron chi connectivity index (χ0n) is 5.97. The molecule has 0 aliphatic carbocycles. The van der Waals surface area contributed by atoms with Crippen LogP contribution in [0.15, 0.2) is 0 Å². The van der Waals surface area contributed by atoms with Crippen molar-refractivity contribution in [2.24, 2.45) is 0 Å². The highest BCUT2D eigenvalue weighted by Gasteiger charge is 2.11. The van der Waals surface area contributed by atoms with E-state index in [4.69, 9.17) is 9.84 Å². The molecular formula is C6H12O3. The Labute approximate surface area is 54.6 Å². The summed E-state index contributed by atoms with van der Waals surface area (Å²) in [5.41, 5.74) is -0.349. The van der Waals surface area contributed by atoms with Crippen LogP contribution < -0.4 is 0 Å². The molecular weight excluding hydrogens is 121 g/mol. The van der Waals surface area contributed by atoms with Gasteiger partial charge in [0.15, 0.2) is 0 Å². The van der Waals surface area contributed by atoms with E-state index in [1.165, 1.54) is 0 Å². The van der Waals surface area contributed by atoms with Gasteiger partial charge in [0, 0.05) is 0 Å². The first kappa shape index (κ1) is 8.43. The number of rotatable bonds is 2. The van der Waals surface area contributed by atoms with Crippen molar-refractivity contribution in [3.8, 4) is 0 Å². The maximum Gasteiger partial charge on any atom is 0.329 e. The van der Waals surface area contributed by atoms with Crippen molar-refractivity contribution < 1.29 is 14.6 Å². The fourth-order valence-electron chi connectivity index (χ4n) is 0.278. The van der Waals surface area contributed by atoms with Crippen molar-refractivity contribution in [3.05, 3.63) is 0 Å². The lowest BCUT2D eigenvalue weighted by Crippen LogP contribution is -2.23. The third kappa shape index (κ3) is 7.43. The van der Waals surface area contributed by atoms with Gasteiger partial charge in [-0.25, -0.2) is 4.79 Å². The van der Waals surface area contributed by atoms with Gasteiger partial charge in [-0.2, -0.15) is 0 Å². The van der Waals surface area contributed by atoms with Gasteiger partial charge < -0.3 is 9.84 Å². The number of carboxylic acid groups (broad SMARTS) is 1. The number of hydrogen-bond donors (Lipinski definition) is 1. The zero-order valence-corrected chi connectivity index (χ0v) is 5.97. The summed E-state index contributed by atoms with van der Waals surface area (Å²) in [5.74, 6) is -0.926. The monoisotopic (exact) mass is 133 g/mol. The minimum Gasteiger partial charge on any atom is -0.480 e. The molecule has 9 heavy (non-hydrogen) atoms. The molecule has 0 saturated carbocycles. The van der Waals surface area contributed by atoms with E-state index < -0.39 is 5.97 Å². The second-order valence-corrected chi connectivity index (χ2v) is 2.79. The van der Waals surface area contributed by atoms with Gasteiger partial charge in [0.25, 0.3) is 0 Å². The van der Waals surface area contributed by atoms with Crippen LogP contribution in [0, 0.1) is 0 Å². The van der Waals surface area contributed by atoms with E-state index in [1.54, 1.807) is 0 Å². The minimum absolute atomic E-state index is 0.219. The van der Waals surface area contributed by atoms with Crippen LogP contribution >= 0.6 is 0 Å². The molecule has 0 bridgehead atoms. The van der Waals surface area contributed by atoms with Crippen LogP contribution in [0.5, 0.6) is 0 Å². The van der Waals surface area contributed by atoms with Gasteiger partial charge in [0.05, 0.1) is 5.60 Å². The fourth-order valence-corrected chi connectivity index (χ4v) is 0.278. The van der Waals surface area contributed by atoms with Crippen LogP contribution in [0.4, 0.5) is 0 Å². The normalized spacial score (nSPS) is 11.4. The SMILES string of the molecule is CC(C)(C)OC[13C](=O)O. The Balaban J connectivity index is 3.39. The maximum atomic E-state index is 9.92. The zero-order chi connectivity index (χ0) is 7.49. The highest BCUT2D eigenvalue weighted by molar-refractivity contribution is 5.68. The first-order valence-corrected chi connectivity index (χ1v) is 2.77. The van der Waals surface area contributed by atoms with Crippen molar-refractivity contribution in [2.75, 3.05) is 6.61 Å². The van der Waals surface area contributed by atoms with Crippen LogP contribution in [-0.2, 0) is 9.53 Å². The highest BCUT2D eigenvalue weighted by Crippen LogP contribution is 2.05. The highest BCUT2D eigenvalue weighted by atomic mass is 16.6. The molecule has 0 fully saturated rings. The fraction of sp³-hybridized carbons (Fsp3) is 0.833. The Kier molecular flexibility index (Phi) is 2.65. The van der Waals surface area contributed by atoms with Crippen LogP contribution in [0.3, 0.4) is 0 Å². The Morgan fingerprint density at radius 3 is 2.11 bits per heavy atom. The largest absolute Gasteiger partial charge is 0.480 e. The first-order chi connectivity index (χ1) is 3.92. The standard InChI is InChI=1S/C6H12O3/c1-6(2,3)9-4-5(7)8/h4H2,1-3H3,(H,7,8)/i5+1. The van der Waals surface area contributed by atoms with E-state index in [1.807, 2.05) is 20.8 Å². The average molecular weight is 133 g/mol. The smallest absolute Gasteiger partial charge is 0.329 e. The van der Waals surface area contributed by atoms with Gasteiger partial charge in [-0.15, -0.1) is 0 Å². The number of carbonyl (C=O) groups is 1. The lowest BCUT2D eigenvalue weighted by atomic mass is 10.2. The second-order valence-electron chi connectivity index (χ2n) is 2.79. The lowest BCUT2D eigenvalue weighted by Gasteiger charge is -2.17. The van der Waals surface area contributed by atoms with E-state index in [9.17, 15) is 4.79 Å². The molecule has 0 atom stereocenters. The van der Waals surface area contributed by atoms with Crippen molar-refractivity contribution in [1.29, 1.82) is 0 Å². The topological polar surface area (TPSA) is 46.5 Å². The maximum absolute atomic E-state index is 9.92. The van der Waals surface area contributed by atoms with Gasteiger partial charge in [-0.1, -0.05) is 0 Å². The molecule has 0 aliphatic rings. The summed E-state index contributed by atoms with van der Waals surface area (Å²) < 4.78 is 4.89. The Bertz CT molecular complexity index is 101. The van der Waals surface area contributed by atoms with Crippen molar-refractivity contribution in [2.45, 2.75) is 26.4 Å². The molecule has 0 aromatic rings. The number of carboxylic acids is 1. The van der Waals surface area contributed by atoms with E-state index in [2.05, 4.69) is 0 Å². The Morgan fingerprint density at radius 2 is 2.00 bits per heavy atom. The molecule has 0 rings (SSSR count). The number of hydrogen-bond acceptors (Lipinski definition) is 2. The predicted octanol–water partition coefficient (Wildman–Crippen LogP) is 0.886. The molecule has 3 heteroatoms. The quantitative estimate of drug-likeness (QED) is 0.569. The van der Waals surface area contributed by atoms with Gasteiger partial charge in [0.2, 0.25) is 0 Å². The summed E-state index contributed by atoms with van der Waals surface area (Å²) in [5, 5.41) is 8.15. The van der Waals surface area contributed by atoms with E-state index in [0.29, 0.717) is 0 Å². The van der Waals surface area contributed by atoms with Crippen LogP contribution in [-0.4, -0.2) is 23.3 Å². The number of aliphatic carboxylic acids is 1. The molecule has 0 heterocycles. The summed E-state index contributed by atoms with van der Waals surface area (Å²) in [6, 6.07) is 0. The second kappa shape index (κ2) is 2.82. The van der Waals surface area contributed by atoms with E-state index in [-0.39, 0.29) is 12.2 Å². The summed E-state index contributed by atoms with van der Waals surface area (Å²) in [7, 11) is 0. The Hall–Kier alpha value is -0.570. The molecule has 3 nitrogen and oxygen atoms in total. The van der Waals surface area contributed by atoms with E-state index >= 15 is 0 Å². The summed E-state index contributed by atoms with van der Waals surface area (Å²) in [4.78, 5) is 9.92. The lowest BCUT2D eigenvalue weighted by molar-refractivity contribution is -0.147. The summed E-state index contributed by atoms with van der Waals surface area (Å²) >= 11 is 0. The first-order valence-electron chi connectivity index (χ1n) is 2.77. The third-order valence-corrected chi connectivity index (χ3v) is 0.629. The van der Waals surface area contributed by atoms with E-state index in [0.717, 1.165) is 0 Å². The van der Waals surface area contributed by atoms with Crippen LogP contribution in [0.25, 0.3) is 0 Å². The van der Waals surface area contributed by atoms with Crippen molar-refractivity contribution >= 4 is 5.97 Å². The molecule has 0 aromatic heterocycles. The van der Waals surface area contributed by atoms with Crippen LogP contribution in [0.2, 0.25) is 0 Å². The molecule has 0 aliphatic heterocycles. The predicted molar refractivity (Wildman–Crippen MR) is 33.3 cm³/mol. The average Bonchev–Trinajstić information content (AvgIpc) is 1.59. The molecule has 54 valence electrons. The molecule has 1 N–H and O–H groups in total. The van der Waals surface area contributed by atoms with Crippen molar-refractivity contribution in [1.82, 2.24) is 0 Å². The van der Waals surface area contributed by atoms with Gasteiger partial charge >= 0.3 is 5.97 Å². The van der Waals surface area contributed by atoms with Gasteiger partial charge in [0.1, 0.15) is 6.61 Å². The molecule has 0 unspecified atom stereocenters. The summed E-state index contributed by atoms with van der Waals surface area (Å²) in [6.45, 7) is 5.23.